The number of rotatable bonds is 9. The van der Waals surface area contributed by atoms with Gasteiger partial charge in [-0.1, -0.05) is 19.9 Å². The number of hydrogen-bond donors (Lipinski definition) is 2. The molecular weight excluding hydrogens is 332 g/mol. The minimum atomic E-state index is -0.0182. The zero-order valence-electron chi connectivity index (χ0n) is 15.7. The Morgan fingerprint density at radius 1 is 1.00 bits per heavy atom. The van der Waals surface area contributed by atoms with E-state index in [1.165, 1.54) is 0 Å². The van der Waals surface area contributed by atoms with E-state index in [-0.39, 0.29) is 11.8 Å². The molecule has 2 aromatic rings. The van der Waals surface area contributed by atoms with Crippen molar-refractivity contribution in [3.63, 3.8) is 0 Å². The fraction of sp³-hybridized carbons (Fsp3) is 0.421. The van der Waals surface area contributed by atoms with Crippen LogP contribution in [0.4, 0.5) is 11.6 Å². The molecule has 0 unspecified atom stereocenters. The zero-order valence-corrected chi connectivity index (χ0v) is 15.7. The van der Waals surface area contributed by atoms with Crippen molar-refractivity contribution in [3.05, 3.63) is 35.9 Å². The van der Waals surface area contributed by atoms with Crippen molar-refractivity contribution in [1.82, 2.24) is 10.2 Å². The number of methoxy groups -OCH3 is 2. The SMILES string of the molecule is CCC(CC)C(=O)Nc1ccc(NCc2ccc(OC)c(OC)c2)nn1. The van der Waals surface area contributed by atoms with Crippen molar-refractivity contribution in [2.45, 2.75) is 33.2 Å². The molecule has 0 fully saturated rings. The molecule has 0 saturated heterocycles. The predicted molar refractivity (Wildman–Crippen MR) is 102 cm³/mol. The number of benzene rings is 1. The molecular formula is C19H26N4O3. The van der Waals surface area contributed by atoms with Crippen molar-refractivity contribution in [1.29, 1.82) is 0 Å². The number of ether oxygens (including phenoxy) is 2. The molecule has 0 atom stereocenters. The van der Waals surface area contributed by atoms with Gasteiger partial charge in [0.05, 0.1) is 14.2 Å². The number of hydrogen-bond acceptors (Lipinski definition) is 6. The first kappa shape index (κ1) is 19.5. The summed E-state index contributed by atoms with van der Waals surface area (Å²) in [6.07, 6.45) is 1.61. The summed E-state index contributed by atoms with van der Waals surface area (Å²) in [6.45, 7) is 4.57. The molecule has 7 heteroatoms. The number of nitrogens with zero attached hydrogens (tertiary/aromatic N) is 2. The molecule has 1 heterocycles. The van der Waals surface area contributed by atoms with Crippen molar-refractivity contribution >= 4 is 17.5 Å². The molecule has 0 aliphatic rings. The minimum Gasteiger partial charge on any atom is -0.493 e. The quantitative estimate of drug-likeness (QED) is 0.714. The monoisotopic (exact) mass is 358 g/mol. The number of aromatic nitrogens is 2. The Bertz CT molecular complexity index is 715. The van der Waals surface area contributed by atoms with Gasteiger partial charge in [-0.15, -0.1) is 10.2 Å². The summed E-state index contributed by atoms with van der Waals surface area (Å²) in [7, 11) is 3.21. The van der Waals surface area contributed by atoms with E-state index in [0.29, 0.717) is 29.7 Å². The second-order valence-corrected chi connectivity index (χ2v) is 5.85. The van der Waals surface area contributed by atoms with Crippen LogP contribution in [0.2, 0.25) is 0 Å². The molecule has 0 aliphatic heterocycles. The highest BCUT2D eigenvalue weighted by Crippen LogP contribution is 2.27. The maximum atomic E-state index is 12.1. The van der Waals surface area contributed by atoms with Crippen LogP contribution < -0.4 is 20.1 Å². The molecule has 0 radical (unpaired) electrons. The smallest absolute Gasteiger partial charge is 0.228 e. The van der Waals surface area contributed by atoms with Crippen LogP contribution in [0.25, 0.3) is 0 Å². The van der Waals surface area contributed by atoms with Gasteiger partial charge in [-0.25, -0.2) is 0 Å². The van der Waals surface area contributed by atoms with E-state index in [9.17, 15) is 4.79 Å². The van der Waals surface area contributed by atoms with E-state index >= 15 is 0 Å². The van der Waals surface area contributed by atoms with Crippen LogP contribution in [0.5, 0.6) is 11.5 Å². The first-order valence-corrected chi connectivity index (χ1v) is 8.70. The van der Waals surface area contributed by atoms with Crippen LogP contribution in [-0.4, -0.2) is 30.3 Å². The van der Waals surface area contributed by atoms with Gasteiger partial charge in [0, 0.05) is 12.5 Å². The summed E-state index contributed by atoms with van der Waals surface area (Å²) in [5.74, 6) is 2.43. The Kier molecular flexibility index (Phi) is 7.20. The van der Waals surface area contributed by atoms with Gasteiger partial charge in [0.25, 0.3) is 0 Å². The maximum Gasteiger partial charge on any atom is 0.228 e. The van der Waals surface area contributed by atoms with Gasteiger partial charge in [-0.05, 0) is 42.7 Å². The topological polar surface area (TPSA) is 85.4 Å². The van der Waals surface area contributed by atoms with Crippen molar-refractivity contribution < 1.29 is 14.3 Å². The number of nitrogens with one attached hydrogen (secondary N) is 2. The van der Waals surface area contributed by atoms with Crippen molar-refractivity contribution in [3.8, 4) is 11.5 Å². The number of carbonyl (C=O) groups excluding carboxylic acids is 1. The number of carbonyl (C=O) groups is 1. The van der Waals surface area contributed by atoms with Crippen LogP contribution in [0.1, 0.15) is 32.3 Å². The van der Waals surface area contributed by atoms with Crippen molar-refractivity contribution in [2.24, 2.45) is 5.92 Å². The van der Waals surface area contributed by atoms with E-state index in [2.05, 4.69) is 20.8 Å². The molecule has 0 aliphatic carbocycles. The summed E-state index contributed by atoms with van der Waals surface area (Å²) in [5.41, 5.74) is 1.02. The van der Waals surface area contributed by atoms with E-state index < -0.39 is 0 Å². The molecule has 2 N–H and O–H groups in total. The Labute approximate surface area is 154 Å². The third-order valence-electron chi connectivity index (χ3n) is 4.19. The Balaban J connectivity index is 1.94. The minimum absolute atomic E-state index is 0.000320. The molecule has 0 bridgehead atoms. The van der Waals surface area contributed by atoms with Crippen molar-refractivity contribution in [2.75, 3.05) is 24.9 Å². The normalized spacial score (nSPS) is 10.5. The molecule has 0 saturated carbocycles. The third-order valence-corrected chi connectivity index (χ3v) is 4.19. The largest absolute Gasteiger partial charge is 0.493 e. The van der Waals surface area contributed by atoms with Crippen LogP contribution in [0, 0.1) is 5.92 Å². The fourth-order valence-electron chi connectivity index (χ4n) is 2.56. The molecule has 2 rings (SSSR count). The summed E-state index contributed by atoms with van der Waals surface area (Å²) in [5, 5.41) is 14.2. The van der Waals surface area contributed by atoms with Gasteiger partial charge in [0.15, 0.2) is 17.3 Å². The van der Waals surface area contributed by atoms with Crippen LogP contribution in [0.15, 0.2) is 30.3 Å². The Hall–Kier alpha value is -2.83. The highest BCUT2D eigenvalue weighted by Gasteiger charge is 2.14. The molecule has 1 aromatic carbocycles. The average molecular weight is 358 g/mol. The average Bonchev–Trinajstić information content (AvgIpc) is 2.68. The van der Waals surface area contributed by atoms with Gasteiger partial charge in [-0.3, -0.25) is 4.79 Å². The Morgan fingerprint density at radius 2 is 1.65 bits per heavy atom. The molecule has 140 valence electrons. The molecule has 7 nitrogen and oxygen atoms in total. The van der Waals surface area contributed by atoms with E-state index in [4.69, 9.17) is 9.47 Å². The lowest BCUT2D eigenvalue weighted by Gasteiger charge is -2.12. The van der Waals surface area contributed by atoms with E-state index in [1.54, 1.807) is 26.4 Å². The highest BCUT2D eigenvalue weighted by atomic mass is 16.5. The summed E-state index contributed by atoms with van der Waals surface area (Å²) >= 11 is 0. The first-order chi connectivity index (χ1) is 12.6. The summed E-state index contributed by atoms with van der Waals surface area (Å²) in [4.78, 5) is 12.1. The summed E-state index contributed by atoms with van der Waals surface area (Å²) in [6, 6.07) is 9.24. The predicted octanol–water partition coefficient (Wildman–Crippen LogP) is 3.48. The van der Waals surface area contributed by atoms with Crippen LogP contribution in [0.3, 0.4) is 0 Å². The van der Waals surface area contributed by atoms with Gasteiger partial charge in [-0.2, -0.15) is 0 Å². The van der Waals surface area contributed by atoms with Gasteiger partial charge in [0.2, 0.25) is 5.91 Å². The number of anilines is 2. The lowest BCUT2D eigenvalue weighted by Crippen LogP contribution is -2.22. The zero-order chi connectivity index (χ0) is 18.9. The molecule has 0 spiro atoms. The van der Waals surface area contributed by atoms with Gasteiger partial charge >= 0.3 is 0 Å². The van der Waals surface area contributed by atoms with Gasteiger partial charge < -0.3 is 20.1 Å². The molecule has 1 aromatic heterocycles. The van der Waals surface area contributed by atoms with E-state index in [1.807, 2.05) is 32.0 Å². The lowest BCUT2D eigenvalue weighted by molar-refractivity contribution is -0.120. The molecule has 26 heavy (non-hydrogen) atoms. The van der Waals surface area contributed by atoms with Crippen LogP contribution in [-0.2, 0) is 11.3 Å². The third kappa shape index (κ3) is 5.08. The standard InChI is InChI=1S/C19H26N4O3/c1-5-14(6-2)19(24)21-18-10-9-17(22-23-18)20-12-13-7-8-15(25-3)16(11-13)26-4/h7-11,14H,5-6,12H2,1-4H3,(H,20,22)(H,21,23,24). The lowest BCUT2D eigenvalue weighted by atomic mass is 10.0. The fourth-order valence-corrected chi connectivity index (χ4v) is 2.56. The van der Waals surface area contributed by atoms with Crippen LogP contribution >= 0.6 is 0 Å². The number of amides is 1. The van der Waals surface area contributed by atoms with Gasteiger partial charge in [0.1, 0.15) is 5.82 Å². The first-order valence-electron chi connectivity index (χ1n) is 8.70. The summed E-state index contributed by atoms with van der Waals surface area (Å²) < 4.78 is 10.5. The second kappa shape index (κ2) is 9.60. The maximum absolute atomic E-state index is 12.1. The Morgan fingerprint density at radius 3 is 2.23 bits per heavy atom. The molecule has 1 amide bonds. The van der Waals surface area contributed by atoms with E-state index in [0.717, 1.165) is 18.4 Å². The highest BCUT2D eigenvalue weighted by molar-refractivity contribution is 5.91. The second-order valence-electron chi connectivity index (χ2n) is 5.85.